The lowest BCUT2D eigenvalue weighted by Crippen LogP contribution is -2.30. The van der Waals surface area contributed by atoms with E-state index in [4.69, 9.17) is 5.73 Å². The monoisotopic (exact) mass is 173 g/mol. The maximum atomic E-state index is 11.2. The number of rotatable bonds is 1. The Kier molecular flexibility index (Phi) is 3.40. The van der Waals surface area contributed by atoms with Gasteiger partial charge >= 0.3 is 0 Å². The molecule has 0 heterocycles. The third kappa shape index (κ3) is 2.49. The Bertz CT molecular complexity index is 149. The van der Waals surface area contributed by atoms with Crippen molar-refractivity contribution in [3.05, 3.63) is 0 Å². The molecular weight excluding hydrogens is 158 g/mol. The lowest BCUT2D eigenvalue weighted by molar-refractivity contribution is -0.115. The highest BCUT2D eigenvalue weighted by Crippen LogP contribution is 2.26. The molecule has 0 radical (unpaired) electrons. The predicted molar refractivity (Wildman–Crippen MR) is 48.5 cm³/mol. The van der Waals surface area contributed by atoms with Crippen molar-refractivity contribution in [1.29, 1.82) is 0 Å². The number of thioether (sulfide) groups is 1. The van der Waals surface area contributed by atoms with Crippen molar-refractivity contribution in [2.24, 2.45) is 11.7 Å². The van der Waals surface area contributed by atoms with Crippen LogP contribution in [0.1, 0.15) is 25.7 Å². The first-order chi connectivity index (χ1) is 5.24. The number of nitrogens with two attached hydrogens (primary N) is 1. The van der Waals surface area contributed by atoms with Crippen LogP contribution in [0.4, 0.5) is 0 Å². The van der Waals surface area contributed by atoms with Crippen LogP contribution < -0.4 is 5.73 Å². The van der Waals surface area contributed by atoms with E-state index in [0.717, 1.165) is 25.7 Å². The number of carbonyl (C=O) groups excluding carboxylic acids is 1. The first-order valence-electron chi connectivity index (χ1n) is 4.07. The van der Waals surface area contributed by atoms with Gasteiger partial charge in [-0.2, -0.15) is 0 Å². The maximum absolute atomic E-state index is 11.2. The maximum Gasteiger partial charge on any atom is 0.191 e. The van der Waals surface area contributed by atoms with Gasteiger partial charge in [-0.25, -0.2) is 0 Å². The molecule has 1 saturated carbocycles. The molecule has 0 bridgehead atoms. The summed E-state index contributed by atoms with van der Waals surface area (Å²) in [5.41, 5.74) is 5.76. The van der Waals surface area contributed by atoms with Gasteiger partial charge in [0.05, 0.1) is 0 Å². The van der Waals surface area contributed by atoms with Gasteiger partial charge in [0.2, 0.25) is 0 Å². The molecule has 0 spiro atoms. The molecule has 11 heavy (non-hydrogen) atoms. The fraction of sp³-hybridized carbons (Fsp3) is 0.875. The van der Waals surface area contributed by atoms with E-state index in [0.29, 0.717) is 5.12 Å². The van der Waals surface area contributed by atoms with Crippen LogP contribution in [0.2, 0.25) is 0 Å². The largest absolute Gasteiger partial charge is 0.328 e. The van der Waals surface area contributed by atoms with E-state index in [1.54, 1.807) is 0 Å². The molecule has 0 aromatic rings. The Labute approximate surface area is 71.9 Å². The highest BCUT2D eigenvalue weighted by Gasteiger charge is 2.24. The van der Waals surface area contributed by atoms with Gasteiger partial charge in [0.1, 0.15) is 0 Å². The Morgan fingerprint density at radius 2 is 2.27 bits per heavy atom. The summed E-state index contributed by atoms with van der Waals surface area (Å²) in [6.45, 7) is 0. The van der Waals surface area contributed by atoms with Crippen molar-refractivity contribution in [1.82, 2.24) is 0 Å². The number of hydrogen-bond donors (Lipinski definition) is 1. The van der Waals surface area contributed by atoms with E-state index < -0.39 is 0 Å². The minimum atomic E-state index is 0.244. The average molecular weight is 173 g/mol. The van der Waals surface area contributed by atoms with Crippen LogP contribution in [0.15, 0.2) is 0 Å². The molecule has 0 saturated heterocycles. The van der Waals surface area contributed by atoms with E-state index >= 15 is 0 Å². The topological polar surface area (TPSA) is 43.1 Å². The summed E-state index contributed by atoms with van der Waals surface area (Å²) in [6, 6.07) is 0.268. The van der Waals surface area contributed by atoms with Crippen LogP contribution in [0.25, 0.3) is 0 Å². The van der Waals surface area contributed by atoms with E-state index in [1.165, 1.54) is 11.8 Å². The van der Waals surface area contributed by atoms with E-state index in [2.05, 4.69) is 0 Å². The molecule has 0 aromatic heterocycles. The highest BCUT2D eigenvalue weighted by molar-refractivity contribution is 8.13. The quantitative estimate of drug-likeness (QED) is 0.651. The summed E-state index contributed by atoms with van der Waals surface area (Å²) in [6.07, 6.45) is 6.02. The van der Waals surface area contributed by atoms with Gasteiger partial charge in [0, 0.05) is 12.0 Å². The first-order valence-corrected chi connectivity index (χ1v) is 5.30. The van der Waals surface area contributed by atoms with Crippen molar-refractivity contribution >= 4 is 16.9 Å². The van der Waals surface area contributed by atoms with Crippen LogP contribution in [-0.2, 0) is 4.79 Å². The van der Waals surface area contributed by atoms with Crippen molar-refractivity contribution < 1.29 is 4.79 Å². The van der Waals surface area contributed by atoms with Gasteiger partial charge < -0.3 is 5.73 Å². The molecule has 1 fully saturated rings. The normalized spacial score (nSPS) is 31.8. The second-order valence-corrected chi connectivity index (χ2v) is 3.96. The first kappa shape index (κ1) is 9.07. The van der Waals surface area contributed by atoms with Gasteiger partial charge in [-0.3, -0.25) is 4.79 Å². The van der Waals surface area contributed by atoms with Gasteiger partial charge in [-0.15, -0.1) is 0 Å². The Morgan fingerprint density at radius 3 is 2.82 bits per heavy atom. The van der Waals surface area contributed by atoms with Crippen LogP contribution in [0.5, 0.6) is 0 Å². The zero-order valence-electron chi connectivity index (χ0n) is 6.88. The van der Waals surface area contributed by atoms with Crippen LogP contribution >= 0.6 is 11.8 Å². The summed E-state index contributed by atoms with van der Waals surface area (Å²) in [5.74, 6) is 0.244. The van der Waals surface area contributed by atoms with Crippen molar-refractivity contribution in [3.8, 4) is 0 Å². The molecule has 64 valence electrons. The zero-order valence-corrected chi connectivity index (χ0v) is 7.69. The summed E-state index contributed by atoms with van der Waals surface area (Å²) < 4.78 is 0. The SMILES string of the molecule is CSC(=O)[C@@H]1CCC[C@@H](N)C1. The molecule has 3 heteroatoms. The molecule has 0 aliphatic heterocycles. The minimum Gasteiger partial charge on any atom is -0.328 e. The van der Waals surface area contributed by atoms with Crippen LogP contribution in [0.3, 0.4) is 0 Å². The van der Waals surface area contributed by atoms with Crippen molar-refractivity contribution in [3.63, 3.8) is 0 Å². The lowest BCUT2D eigenvalue weighted by Gasteiger charge is -2.24. The summed E-state index contributed by atoms with van der Waals surface area (Å²) in [7, 11) is 0. The van der Waals surface area contributed by atoms with E-state index in [9.17, 15) is 4.79 Å². The van der Waals surface area contributed by atoms with Gasteiger partial charge in [-0.05, 0) is 25.5 Å². The van der Waals surface area contributed by atoms with Crippen LogP contribution in [0, 0.1) is 5.92 Å². The molecule has 2 N–H and O–H groups in total. The van der Waals surface area contributed by atoms with Crippen molar-refractivity contribution in [2.75, 3.05) is 6.26 Å². The Balaban J connectivity index is 2.39. The van der Waals surface area contributed by atoms with Gasteiger partial charge in [-0.1, -0.05) is 18.2 Å². The summed E-state index contributed by atoms with van der Waals surface area (Å²) >= 11 is 1.34. The molecule has 1 aliphatic rings. The fourth-order valence-electron chi connectivity index (χ4n) is 1.61. The molecule has 0 aromatic carbocycles. The molecule has 1 rings (SSSR count). The number of carbonyl (C=O) groups is 1. The van der Waals surface area contributed by atoms with Gasteiger partial charge in [0.15, 0.2) is 5.12 Å². The van der Waals surface area contributed by atoms with E-state index in [-0.39, 0.29) is 12.0 Å². The zero-order chi connectivity index (χ0) is 8.27. The summed E-state index contributed by atoms with van der Waals surface area (Å²) in [5, 5.41) is 0.320. The van der Waals surface area contributed by atoms with Crippen LogP contribution in [-0.4, -0.2) is 17.4 Å². The number of hydrogen-bond acceptors (Lipinski definition) is 3. The fourth-order valence-corrected chi connectivity index (χ4v) is 2.16. The second-order valence-electron chi connectivity index (χ2n) is 3.15. The molecule has 0 amide bonds. The molecular formula is C8H15NOS. The minimum absolute atomic E-state index is 0.244. The third-order valence-corrected chi connectivity index (χ3v) is 2.98. The third-order valence-electron chi connectivity index (χ3n) is 2.25. The van der Waals surface area contributed by atoms with Crippen molar-refractivity contribution in [2.45, 2.75) is 31.7 Å². The Hall–Kier alpha value is -0.0200. The Morgan fingerprint density at radius 1 is 1.55 bits per heavy atom. The van der Waals surface area contributed by atoms with E-state index in [1.807, 2.05) is 6.26 Å². The predicted octanol–water partition coefficient (Wildman–Crippen LogP) is 1.39. The average Bonchev–Trinajstić information content (AvgIpc) is 2.03. The lowest BCUT2D eigenvalue weighted by atomic mass is 9.87. The second kappa shape index (κ2) is 4.12. The molecule has 0 unspecified atom stereocenters. The standard InChI is InChI=1S/C8H15NOS/c1-11-8(10)6-3-2-4-7(9)5-6/h6-7H,2-5,9H2,1H3/t6-,7-/m1/s1. The summed E-state index contributed by atoms with van der Waals surface area (Å²) in [4.78, 5) is 11.2. The molecule has 2 atom stereocenters. The smallest absolute Gasteiger partial charge is 0.191 e. The molecule has 1 aliphatic carbocycles. The molecule has 2 nitrogen and oxygen atoms in total. The highest BCUT2D eigenvalue weighted by atomic mass is 32.2. The van der Waals surface area contributed by atoms with Gasteiger partial charge in [0.25, 0.3) is 0 Å².